The van der Waals surface area contributed by atoms with Gasteiger partial charge in [-0.3, -0.25) is 9.98 Å². The van der Waals surface area contributed by atoms with Crippen LogP contribution in [0.2, 0.25) is 0 Å². The van der Waals surface area contributed by atoms with Crippen molar-refractivity contribution in [2.24, 2.45) is 9.98 Å². The lowest BCUT2D eigenvalue weighted by atomic mass is 10.1. The van der Waals surface area contributed by atoms with Gasteiger partial charge in [-0.25, -0.2) is 0 Å². The van der Waals surface area contributed by atoms with Gasteiger partial charge in [0, 0.05) is 17.5 Å². The first-order valence-electron chi connectivity index (χ1n) is 3.16. The topological polar surface area (TPSA) is 24.7 Å². The molecule has 2 nitrogen and oxygen atoms in total. The fourth-order valence-electron chi connectivity index (χ4n) is 0.308. The van der Waals surface area contributed by atoms with E-state index in [0.717, 1.165) is 12.1 Å². The molecule has 0 rings (SSSR count). The second kappa shape index (κ2) is 4.97. The predicted octanol–water partition coefficient (Wildman–Crippen LogP) is 1.53. The zero-order valence-corrected chi connectivity index (χ0v) is 6.46. The largest absolute Gasteiger partial charge is 0.279 e. The summed E-state index contributed by atoms with van der Waals surface area (Å²) in [4.78, 5) is 7.49. The van der Waals surface area contributed by atoms with E-state index in [9.17, 15) is 0 Å². The van der Waals surface area contributed by atoms with E-state index in [1.807, 2.05) is 13.8 Å². The summed E-state index contributed by atoms with van der Waals surface area (Å²) in [6.07, 6.45) is 2.44. The Morgan fingerprint density at radius 3 is 2.70 bits per heavy atom. The lowest BCUT2D eigenvalue weighted by molar-refractivity contribution is 1.25. The molecule has 0 saturated carbocycles. The standard InChI is InChI=1S/C7H11BN2/c1-4-6(2)10-5-7(8)9-3/h5H,3-4H2,1-2H3/b7-5-,10-6?. The van der Waals surface area contributed by atoms with E-state index >= 15 is 0 Å². The molecule has 0 bridgehead atoms. The Morgan fingerprint density at radius 2 is 2.30 bits per heavy atom. The van der Waals surface area contributed by atoms with Crippen LogP contribution in [-0.4, -0.2) is 20.3 Å². The van der Waals surface area contributed by atoms with Crippen LogP contribution in [0.25, 0.3) is 0 Å². The van der Waals surface area contributed by atoms with Crippen molar-refractivity contribution < 1.29 is 0 Å². The highest BCUT2D eigenvalue weighted by Gasteiger charge is 1.81. The van der Waals surface area contributed by atoms with Crippen molar-refractivity contribution >= 4 is 20.3 Å². The molecule has 0 aliphatic rings. The van der Waals surface area contributed by atoms with Crippen molar-refractivity contribution in [3.05, 3.63) is 11.8 Å². The normalized spacial score (nSPS) is 13.4. The zero-order valence-electron chi connectivity index (χ0n) is 6.46. The maximum absolute atomic E-state index is 5.30. The van der Waals surface area contributed by atoms with Crippen molar-refractivity contribution in [1.29, 1.82) is 0 Å². The molecule has 0 N–H and O–H groups in total. The van der Waals surface area contributed by atoms with Crippen LogP contribution in [0.15, 0.2) is 21.8 Å². The minimum Gasteiger partial charge on any atom is -0.279 e. The summed E-state index contributed by atoms with van der Waals surface area (Å²) < 4.78 is 0. The molecule has 0 heterocycles. The van der Waals surface area contributed by atoms with Gasteiger partial charge in [0.05, 0.1) is 0 Å². The van der Waals surface area contributed by atoms with Crippen LogP contribution >= 0.6 is 0 Å². The number of aliphatic imine (C=N–C) groups is 2. The molecule has 0 unspecified atom stereocenters. The van der Waals surface area contributed by atoms with Gasteiger partial charge >= 0.3 is 0 Å². The first-order valence-corrected chi connectivity index (χ1v) is 3.16. The van der Waals surface area contributed by atoms with Crippen LogP contribution in [0.1, 0.15) is 20.3 Å². The van der Waals surface area contributed by atoms with Crippen LogP contribution in [-0.2, 0) is 0 Å². The van der Waals surface area contributed by atoms with Crippen molar-refractivity contribution in [1.82, 2.24) is 0 Å². The van der Waals surface area contributed by atoms with E-state index in [2.05, 4.69) is 16.7 Å². The van der Waals surface area contributed by atoms with Crippen LogP contribution in [0.3, 0.4) is 0 Å². The second-order valence-electron chi connectivity index (χ2n) is 1.93. The molecule has 0 aromatic carbocycles. The molecule has 0 atom stereocenters. The summed E-state index contributed by atoms with van der Waals surface area (Å²) in [7, 11) is 5.30. The highest BCUT2D eigenvalue weighted by Crippen LogP contribution is 1.90. The van der Waals surface area contributed by atoms with Crippen LogP contribution < -0.4 is 0 Å². The maximum Gasteiger partial charge on any atom is 0.143 e. The van der Waals surface area contributed by atoms with Gasteiger partial charge in [0.1, 0.15) is 7.85 Å². The maximum atomic E-state index is 5.30. The van der Waals surface area contributed by atoms with Gasteiger partial charge < -0.3 is 0 Å². The molecule has 10 heavy (non-hydrogen) atoms. The Hall–Kier alpha value is -0.855. The molecule has 2 radical (unpaired) electrons. The summed E-state index contributed by atoms with van der Waals surface area (Å²) in [5.74, 6) is 0. The Morgan fingerprint density at radius 1 is 1.70 bits per heavy atom. The fraction of sp³-hybridized carbons (Fsp3) is 0.429. The molecular weight excluding hydrogens is 123 g/mol. The van der Waals surface area contributed by atoms with E-state index in [4.69, 9.17) is 7.85 Å². The molecule has 0 aliphatic heterocycles. The molecule has 0 aliphatic carbocycles. The average molecular weight is 134 g/mol. The van der Waals surface area contributed by atoms with Crippen LogP contribution in [0.4, 0.5) is 0 Å². The Kier molecular flexibility index (Phi) is 4.55. The fourth-order valence-corrected chi connectivity index (χ4v) is 0.308. The third-order valence-corrected chi connectivity index (χ3v) is 1.11. The SMILES string of the molecule is [B]/C(=C/N=C(C)CC)N=C. The van der Waals surface area contributed by atoms with Crippen molar-refractivity contribution in [3.8, 4) is 0 Å². The number of rotatable bonds is 3. The summed E-state index contributed by atoms with van der Waals surface area (Å²) in [5.41, 5.74) is 1.39. The van der Waals surface area contributed by atoms with Crippen molar-refractivity contribution in [2.75, 3.05) is 0 Å². The number of nitrogens with zero attached hydrogens (tertiary/aromatic N) is 2. The third kappa shape index (κ3) is 4.07. The first-order chi connectivity index (χ1) is 4.70. The molecule has 0 amide bonds. The van der Waals surface area contributed by atoms with Gasteiger partial charge in [0.15, 0.2) is 0 Å². The molecule has 52 valence electrons. The quantitative estimate of drug-likeness (QED) is 0.413. The number of hydrogen-bond donors (Lipinski definition) is 0. The van der Waals surface area contributed by atoms with Gasteiger partial charge in [-0.05, 0) is 20.1 Å². The molecule has 0 aromatic heterocycles. The molecule has 3 heteroatoms. The highest BCUT2D eigenvalue weighted by molar-refractivity contribution is 6.21. The summed E-state index contributed by atoms with van der Waals surface area (Å²) in [5, 5.41) is 0. The third-order valence-electron chi connectivity index (χ3n) is 1.11. The molecule has 0 fully saturated rings. The average Bonchev–Trinajstić information content (AvgIpc) is 1.99. The Bertz CT molecular complexity index is 170. The lowest BCUT2D eigenvalue weighted by Gasteiger charge is -1.90. The van der Waals surface area contributed by atoms with Gasteiger partial charge in [-0.1, -0.05) is 6.92 Å². The minimum atomic E-state index is 0.354. The van der Waals surface area contributed by atoms with E-state index in [-0.39, 0.29) is 0 Å². The van der Waals surface area contributed by atoms with E-state index < -0.39 is 0 Å². The van der Waals surface area contributed by atoms with Gasteiger partial charge in [0.2, 0.25) is 0 Å². The summed E-state index contributed by atoms with van der Waals surface area (Å²) in [6, 6.07) is 0. The second-order valence-corrected chi connectivity index (χ2v) is 1.93. The van der Waals surface area contributed by atoms with E-state index in [1.54, 1.807) is 0 Å². The zero-order chi connectivity index (χ0) is 7.98. The molecule has 0 aromatic rings. The Labute approximate surface area is 63.2 Å². The molecule has 0 saturated heterocycles. The molecule has 0 spiro atoms. The Balaban J connectivity index is 4.03. The molecular formula is C7H11BN2. The van der Waals surface area contributed by atoms with Gasteiger partial charge in [0.25, 0.3) is 0 Å². The highest BCUT2D eigenvalue weighted by atomic mass is 14.8. The van der Waals surface area contributed by atoms with Gasteiger partial charge in [-0.2, -0.15) is 0 Å². The predicted molar refractivity (Wildman–Crippen MR) is 46.8 cm³/mol. The van der Waals surface area contributed by atoms with E-state index in [0.29, 0.717) is 5.60 Å². The summed E-state index contributed by atoms with van der Waals surface area (Å²) in [6.45, 7) is 7.22. The minimum absolute atomic E-state index is 0.354. The smallest absolute Gasteiger partial charge is 0.143 e. The van der Waals surface area contributed by atoms with E-state index in [1.165, 1.54) is 6.20 Å². The van der Waals surface area contributed by atoms with Crippen LogP contribution in [0.5, 0.6) is 0 Å². The first kappa shape index (κ1) is 9.14. The number of hydrogen-bond acceptors (Lipinski definition) is 2. The summed E-state index contributed by atoms with van der Waals surface area (Å²) >= 11 is 0. The monoisotopic (exact) mass is 134 g/mol. The van der Waals surface area contributed by atoms with Gasteiger partial charge in [-0.15, -0.1) is 0 Å². The van der Waals surface area contributed by atoms with Crippen molar-refractivity contribution in [2.45, 2.75) is 20.3 Å². The van der Waals surface area contributed by atoms with Crippen LogP contribution in [0, 0.1) is 0 Å². The van der Waals surface area contributed by atoms with Crippen molar-refractivity contribution in [3.63, 3.8) is 0 Å². The lowest BCUT2D eigenvalue weighted by Crippen LogP contribution is -1.85.